The maximum atomic E-state index is 5.41. The number of halogens is 1. The van der Waals surface area contributed by atoms with Gasteiger partial charge in [-0.3, -0.25) is 0 Å². The van der Waals surface area contributed by atoms with Gasteiger partial charge in [-0.05, 0) is 33.6 Å². The summed E-state index contributed by atoms with van der Waals surface area (Å²) in [5.41, 5.74) is 2.44. The number of benzene rings is 1. The quantitative estimate of drug-likeness (QED) is 0.751. The molecule has 3 aromatic rings. The number of fused-ring (bicyclic) bond motifs is 1. The Balaban J connectivity index is 1.61. The van der Waals surface area contributed by atoms with Crippen LogP contribution < -0.4 is 5.32 Å². The largest absolute Gasteiger partial charge is 0.373 e. The summed E-state index contributed by atoms with van der Waals surface area (Å²) < 4.78 is 6.45. The van der Waals surface area contributed by atoms with Crippen LogP contribution in [0.25, 0.3) is 10.7 Å². The molecular weight excluding hydrogens is 338 g/mol. The highest BCUT2D eigenvalue weighted by Crippen LogP contribution is 2.34. The molecule has 0 radical (unpaired) electrons. The Morgan fingerprint density at radius 1 is 1.35 bits per heavy atom. The third-order valence-electron chi connectivity index (χ3n) is 3.30. The van der Waals surface area contributed by atoms with E-state index in [0.29, 0.717) is 11.7 Å². The summed E-state index contributed by atoms with van der Waals surface area (Å²) in [5, 5.41) is 9.50. The number of hydrogen-bond acceptors (Lipinski definition) is 5. The topological polar surface area (TPSA) is 51.0 Å². The lowest BCUT2D eigenvalue weighted by Gasteiger charge is -2.04. The zero-order valence-electron chi connectivity index (χ0n) is 10.3. The van der Waals surface area contributed by atoms with Crippen molar-refractivity contribution in [3.05, 3.63) is 51.6 Å². The lowest BCUT2D eigenvalue weighted by Crippen LogP contribution is -2.05. The Kier molecular flexibility index (Phi) is 2.85. The molecule has 1 N–H and O–H groups in total. The van der Waals surface area contributed by atoms with Gasteiger partial charge in [0.05, 0.1) is 4.88 Å². The second-order valence-corrected chi connectivity index (χ2v) is 6.47. The summed E-state index contributed by atoms with van der Waals surface area (Å²) in [6, 6.07) is 10.3. The van der Waals surface area contributed by atoms with Crippen LogP contribution in [0, 0.1) is 0 Å². The fourth-order valence-electron chi connectivity index (χ4n) is 2.35. The molecule has 6 heteroatoms. The minimum absolute atomic E-state index is 0.0667. The van der Waals surface area contributed by atoms with Gasteiger partial charge in [-0.1, -0.05) is 23.4 Å². The normalized spacial score (nSPS) is 16.9. The number of aromatic nitrogens is 2. The van der Waals surface area contributed by atoms with Crippen LogP contribution in [0.15, 0.2) is 44.7 Å². The van der Waals surface area contributed by atoms with Gasteiger partial charge in [-0.25, -0.2) is 0 Å². The highest BCUT2D eigenvalue weighted by molar-refractivity contribution is 9.10. The average molecular weight is 348 g/mol. The molecule has 0 saturated heterocycles. The first-order valence-corrected chi connectivity index (χ1v) is 7.89. The van der Waals surface area contributed by atoms with Gasteiger partial charge in [0.2, 0.25) is 11.7 Å². The zero-order chi connectivity index (χ0) is 13.5. The Hall–Kier alpha value is -1.66. The van der Waals surface area contributed by atoms with E-state index >= 15 is 0 Å². The summed E-state index contributed by atoms with van der Waals surface area (Å²) in [7, 11) is 0. The molecule has 0 saturated carbocycles. The van der Waals surface area contributed by atoms with E-state index in [1.54, 1.807) is 11.3 Å². The molecule has 4 rings (SSSR count). The van der Waals surface area contributed by atoms with Crippen molar-refractivity contribution in [2.45, 2.75) is 12.5 Å². The van der Waals surface area contributed by atoms with Crippen LogP contribution in [0.2, 0.25) is 0 Å². The monoisotopic (exact) mass is 347 g/mol. The highest BCUT2D eigenvalue weighted by Gasteiger charge is 2.26. The van der Waals surface area contributed by atoms with Crippen molar-refractivity contribution in [1.82, 2.24) is 10.1 Å². The fraction of sp³-hybridized carbons (Fsp3) is 0.143. The van der Waals surface area contributed by atoms with E-state index in [1.165, 1.54) is 5.56 Å². The molecule has 0 fully saturated rings. The molecule has 1 aromatic carbocycles. The third-order valence-corrected chi connectivity index (χ3v) is 4.99. The van der Waals surface area contributed by atoms with Crippen molar-refractivity contribution in [2.75, 3.05) is 5.32 Å². The van der Waals surface area contributed by atoms with E-state index in [1.807, 2.05) is 23.6 Å². The maximum Gasteiger partial charge on any atom is 0.249 e. The van der Waals surface area contributed by atoms with Crippen LogP contribution in [0.3, 0.4) is 0 Å². The van der Waals surface area contributed by atoms with Gasteiger partial charge >= 0.3 is 0 Å². The molecule has 1 aliphatic rings. The van der Waals surface area contributed by atoms with E-state index in [0.717, 1.165) is 21.5 Å². The van der Waals surface area contributed by atoms with Crippen LogP contribution in [0.5, 0.6) is 0 Å². The summed E-state index contributed by atoms with van der Waals surface area (Å²) in [5.74, 6) is 1.29. The summed E-state index contributed by atoms with van der Waals surface area (Å²) in [6.45, 7) is 0. The standard InChI is InChI=1S/C14H10BrN3OS/c15-9-6-12(20-7-9)13-17-14(19-18-13)11-5-8-3-1-2-4-10(8)16-11/h1-4,6-7,11,16H,5H2/t11-/m0/s1. The number of hydrogen-bond donors (Lipinski definition) is 1. The number of nitrogens with zero attached hydrogens (tertiary/aromatic N) is 2. The van der Waals surface area contributed by atoms with E-state index in [2.05, 4.69) is 43.5 Å². The van der Waals surface area contributed by atoms with Crippen molar-refractivity contribution in [3.63, 3.8) is 0 Å². The summed E-state index contributed by atoms with van der Waals surface area (Å²) in [4.78, 5) is 5.51. The smallest absolute Gasteiger partial charge is 0.249 e. The minimum atomic E-state index is 0.0667. The molecule has 3 heterocycles. The second-order valence-electron chi connectivity index (χ2n) is 4.64. The molecule has 0 bridgehead atoms. The highest BCUT2D eigenvalue weighted by atomic mass is 79.9. The van der Waals surface area contributed by atoms with Gasteiger partial charge in [0, 0.05) is 22.0 Å². The molecule has 20 heavy (non-hydrogen) atoms. The predicted molar refractivity (Wildman–Crippen MR) is 81.8 cm³/mol. The first-order chi connectivity index (χ1) is 9.79. The van der Waals surface area contributed by atoms with Gasteiger partial charge in [0.15, 0.2) is 0 Å². The average Bonchev–Trinajstić information content (AvgIpc) is 3.16. The molecule has 2 aromatic heterocycles. The minimum Gasteiger partial charge on any atom is -0.373 e. The van der Waals surface area contributed by atoms with Gasteiger partial charge in [0.1, 0.15) is 6.04 Å². The zero-order valence-corrected chi connectivity index (χ0v) is 12.7. The summed E-state index contributed by atoms with van der Waals surface area (Å²) >= 11 is 5.03. The Bertz CT molecular complexity index is 742. The molecule has 1 aliphatic heterocycles. The van der Waals surface area contributed by atoms with Gasteiger partial charge in [0.25, 0.3) is 0 Å². The molecule has 4 nitrogen and oxygen atoms in total. The Morgan fingerprint density at radius 3 is 3.05 bits per heavy atom. The lowest BCUT2D eigenvalue weighted by molar-refractivity contribution is 0.364. The first kappa shape index (κ1) is 12.1. The van der Waals surface area contributed by atoms with Gasteiger partial charge < -0.3 is 9.84 Å². The summed E-state index contributed by atoms with van der Waals surface area (Å²) in [6.07, 6.45) is 0.881. The maximum absolute atomic E-state index is 5.41. The van der Waals surface area contributed by atoms with Crippen molar-refractivity contribution in [1.29, 1.82) is 0 Å². The van der Waals surface area contributed by atoms with Crippen molar-refractivity contribution < 1.29 is 4.52 Å². The third kappa shape index (κ3) is 2.05. The van der Waals surface area contributed by atoms with E-state index < -0.39 is 0 Å². The van der Waals surface area contributed by atoms with Crippen LogP contribution in [-0.2, 0) is 6.42 Å². The van der Waals surface area contributed by atoms with Gasteiger partial charge in [-0.15, -0.1) is 11.3 Å². The van der Waals surface area contributed by atoms with E-state index in [9.17, 15) is 0 Å². The molecule has 1 atom stereocenters. The SMILES string of the molecule is Brc1csc(-c2noc([C@@H]3Cc4ccccc4N3)n2)c1. The number of nitrogens with one attached hydrogen (secondary N) is 1. The van der Waals surface area contributed by atoms with E-state index in [-0.39, 0.29) is 6.04 Å². The Morgan fingerprint density at radius 2 is 2.25 bits per heavy atom. The van der Waals surface area contributed by atoms with Crippen LogP contribution in [-0.4, -0.2) is 10.1 Å². The van der Waals surface area contributed by atoms with Crippen molar-refractivity contribution in [3.8, 4) is 10.7 Å². The Labute approximate surface area is 128 Å². The number of rotatable bonds is 2. The number of thiophene rings is 1. The van der Waals surface area contributed by atoms with Crippen LogP contribution >= 0.6 is 27.3 Å². The molecule has 0 aliphatic carbocycles. The number of anilines is 1. The second kappa shape index (κ2) is 4.71. The van der Waals surface area contributed by atoms with E-state index in [4.69, 9.17) is 4.52 Å². The molecule has 100 valence electrons. The fourth-order valence-corrected chi connectivity index (χ4v) is 3.71. The molecule has 0 unspecified atom stereocenters. The first-order valence-electron chi connectivity index (χ1n) is 6.22. The predicted octanol–water partition coefficient (Wildman–Crippen LogP) is 4.27. The lowest BCUT2D eigenvalue weighted by atomic mass is 10.1. The van der Waals surface area contributed by atoms with Crippen molar-refractivity contribution >= 4 is 33.0 Å². The van der Waals surface area contributed by atoms with Crippen molar-refractivity contribution in [2.24, 2.45) is 0 Å². The molecular formula is C14H10BrN3OS. The van der Waals surface area contributed by atoms with Crippen LogP contribution in [0.4, 0.5) is 5.69 Å². The molecule has 0 amide bonds. The molecule has 0 spiro atoms. The van der Waals surface area contributed by atoms with Gasteiger partial charge in [-0.2, -0.15) is 4.98 Å². The van der Waals surface area contributed by atoms with Crippen LogP contribution in [0.1, 0.15) is 17.5 Å². The number of para-hydroxylation sites is 1.